The van der Waals surface area contributed by atoms with E-state index in [1.165, 1.54) is 24.3 Å². The molecule has 0 saturated carbocycles. The molecule has 0 atom stereocenters. The Morgan fingerprint density at radius 2 is 0.875 bits per heavy atom. The van der Waals surface area contributed by atoms with Crippen molar-refractivity contribution in [2.24, 2.45) is 0 Å². The second-order valence-corrected chi connectivity index (χ2v) is 5.63. The first-order chi connectivity index (χ1) is 11.4. The van der Waals surface area contributed by atoms with Gasteiger partial charge in [0, 0.05) is 22.3 Å². The zero-order chi connectivity index (χ0) is 17.2. The molecule has 0 unspecified atom stereocenters. The van der Waals surface area contributed by atoms with Gasteiger partial charge in [0.05, 0.1) is 0 Å². The van der Waals surface area contributed by atoms with Crippen LogP contribution in [0.1, 0.15) is 31.8 Å². The normalized spacial score (nSPS) is 15.2. The molecule has 0 saturated heterocycles. The third-order valence-corrected chi connectivity index (χ3v) is 4.16. The minimum atomic E-state index is -0.468. The molecule has 0 radical (unpaired) electrons. The van der Waals surface area contributed by atoms with Gasteiger partial charge in [-0.25, -0.2) is 0 Å². The van der Waals surface area contributed by atoms with Gasteiger partial charge in [-0.1, -0.05) is 0 Å². The molecule has 118 valence electrons. The number of carbonyl (C=O) groups is 2. The third kappa shape index (κ3) is 1.77. The Morgan fingerprint density at radius 1 is 0.542 bits per heavy atom. The maximum absolute atomic E-state index is 12.7. The van der Waals surface area contributed by atoms with Gasteiger partial charge >= 0.3 is 0 Å². The quantitative estimate of drug-likeness (QED) is 0.554. The molecule has 6 nitrogen and oxygen atoms in total. The third-order valence-electron chi connectivity index (χ3n) is 4.16. The zero-order valence-corrected chi connectivity index (χ0v) is 12.1. The number of benzene rings is 2. The van der Waals surface area contributed by atoms with Crippen molar-refractivity contribution in [2.45, 2.75) is 0 Å². The van der Waals surface area contributed by atoms with Crippen molar-refractivity contribution in [3.05, 3.63) is 57.7 Å². The largest absolute Gasteiger partial charge is 0.504 e. The van der Waals surface area contributed by atoms with E-state index in [-0.39, 0.29) is 22.3 Å². The number of Topliss-reactive ketones (excluding diaryl/α,β-unsaturated/α-hetero) is 2. The molecule has 2 aromatic carbocycles. The molecule has 6 heteroatoms. The predicted octanol–water partition coefficient (Wildman–Crippen LogP) is 2.37. The fourth-order valence-corrected chi connectivity index (χ4v) is 2.95. The van der Waals surface area contributed by atoms with E-state index in [2.05, 4.69) is 0 Å². The SMILES string of the molecule is O=C1C2=Cc3cc(O)c(O)cc3C(=O)C2=Cc2cc(O)c(O)cc21. The van der Waals surface area contributed by atoms with Crippen molar-refractivity contribution in [3.8, 4) is 23.0 Å². The first-order valence-corrected chi connectivity index (χ1v) is 7.02. The van der Waals surface area contributed by atoms with Crippen molar-refractivity contribution in [1.82, 2.24) is 0 Å². The fourth-order valence-electron chi connectivity index (χ4n) is 2.95. The van der Waals surface area contributed by atoms with Gasteiger partial charge in [0.25, 0.3) is 0 Å². The molecule has 0 fully saturated rings. The van der Waals surface area contributed by atoms with Crippen LogP contribution in [0.5, 0.6) is 23.0 Å². The standard InChI is InChI=1S/C18H10O6/c19-13-3-7-1-11-12(18(24)9(7)5-15(13)21)2-8-4-14(20)16(22)6-10(8)17(11)23/h1-6,19-22H. The Kier molecular flexibility index (Phi) is 2.63. The number of phenolic OH excluding ortho intramolecular Hbond substituents is 4. The first kappa shape index (κ1) is 14.1. The highest BCUT2D eigenvalue weighted by atomic mass is 16.3. The number of aromatic hydroxyl groups is 4. The van der Waals surface area contributed by atoms with Crippen LogP contribution in [-0.4, -0.2) is 32.0 Å². The smallest absolute Gasteiger partial charge is 0.194 e. The lowest BCUT2D eigenvalue weighted by atomic mass is 9.78. The Bertz CT molecular complexity index is 943. The lowest BCUT2D eigenvalue weighted by molar-refractivity contribution is 0.0994. The number of hydrogen-bond donors (Lipinski definition) is 4. The fraction of sp³-hybridized carbons (Fsp3) is 0. The summed E-state index contributed by atoms with van der Waals surface area (Å²) in [5, 5.41) is 38.4. The van der Waals surface area contributed by atoms with Gasteiger partial charge in [0.1, 0.15) is 0 Å². The van der Waals surface area contributed by atoms with Crippen LogP contribution in [0.15, 0.2) is 35.4 Å². The van der Waals surface area contributed by atoms with Crippen LogP contribution in [0, 0.1) is 0 Å². The summed E-state index contributed by atoms with van der Waals surface area (Å²) >= 11 is 0. The number of phenols is 4. The summed E-state index contributed by atoms with van der Waals surface area (Å²) in [5.41, 5.74) is 1.24. The van der Waals surface area contributed by atoms with Gasteiger partial charge in [0.15, 0.2) is 34.6 Å². The second kappa shape index (κ2) is 4.48. The highest BCUT2D eigenvalue weighted by Crippen LogP contribution is 2.41. The Balaban J connectivity index is 1.99. The molecule has 4 rings (SSSR count). The van der Waals surface area contributed by atoms with E-state index in [0.29, 0.717) is 11.1 Å². The number of hydrogen-bond acceptors (Lipinski definition) is 6. The maximum atomic E-state index is 12.7. The lowest BCUT2D eigenvalue weighted by Crippen LogP contribution is -2.21. The summed E-state index contributed by atoms with van der Waals surface area (Å²) in [5.74, 6) is -2.57. The van der Waals surface area contributed by atoms with Gasteiger partial charge in [-0.2, -0.15) is 0 Å². The van der Waals surface area contributed by atoms with Gasteiger partial charge < -0.3 is 20.4 Å². The van der Waals surface area contributed by atoms with Gasteiger partial charge in [-0.15, -0.1) is 0 Å². The molecule has 0 spiro atoms. The topological polar surface area (TPSA) is 115 Å². The van der Waals surface area contributed by atoms with Crippen molar-refractivity contribution >= 4 is 23.7 Å². The Hall–Kier alpha value is -3.54. The van der Waals surface area contributed by atoms with Crippen LogP contribution in [0.3, 0.4) is 0 Å². The minimum Gasteiger partial charge on any atom is -0.504 e. The average molecular weight is 322 g/mol. The molecule has 0 aromatic heterocycles. The molecule has 0 aliphatic heterocycles. The molecule has 2 aromatic rings. The van der Waals surface area contributed by atoms with Crippen LogP contribution < -0.4 is 0 Å². The lowest BCUT2D eigenvalue weighted by Gasteiger charge is -2.23. The summed E-state index contributed by atoms with van der Waals surface area (Å²) in [6.45, 7) is 0. The number of ketones is 2. The van der Waals surface area contributed by atoms with Crippen LogP contribution in [0.4, 0.5) is 0 Å². The summed E-state index contributed by atoms with van der Waals surface area (Å²) in [6, 6.07) is 4.72. The van der Waals surface area contributed by atoms with E-state index in [0.717, 1.165) is 12.1 Å². The minimum absolute atomic E-state index is 0.134. The van der Waals surface area contributed by atoms with Crippen molar-refractivity contribution < 1.29 is 30.0 Å². The maximum Gasteiger partial charge on any atom is 0.194 e. The number of allylic oxidation sites excluding steroid dienone is 2. The molecular formula is C18H10O6. The molecule has 24 heavy (non-hydrogen) atoms. The highest BCUT2D eigenvalue weighted by Gasteiger charge is 2.33. The molecular weight excluding hydrogens is 312 g/mol. The molecule has 0 bridgehead atoms. The summed E-state index contributed by atoms with van der Waals surface area (Å²) in [6.07, 6.45) is 2.91. The van der Waals surface area contributed by atoms with Crippen LogP contribution >= 0.6 is 0 Å². The van der Waals surface area contributed by atoms with E-state index in [1.54, 1.807) is 0 Å². The summed E-state index contributed by atoms with van der Waals surface area (Å²) < 4.78 is 0. The predicted molar refractivity (Wildman–Crippen MR) is 84.2 cm³/mol. The van der Waals surface area contributed by atoms with E-state index < -0.39 is 34.6 Å². The van der Waals surface area contributed by atoms with Crippen molar-refractivity contribution in [2.75, 3.05) is 0 Å². The average Bonchev–Trinajstić information content (AvgIpc) is 2.53. The van der Waals surface area contributed by atoms with Crippen molar-refractivity contribution in [3.63, 3.8) is 0 Å². The van der Waals surface area contributed by atoms with E-state index in [9.17, 15) is 30.0 Å². The van der Waals surface area contributed by atoms with Gasteiger partial charge in [-0.05, 0) is 47.5 Å². The number of rotatable bonds is 0. The molecule has 0 heterocycles. The first-order valence-electron chi connectivity index (χ1n) is 7.02. The van der Waals surface area contributed by atoms with Crippen LogP contribution in [-0.2, 0) is 0 Å². The van der Waals surface area contributed by atoms with Crippen LogP contribution in [0.25, 0.3) is 12.2 Å². The molecule has 2 aliphatic carbocycles. The van der Waals surface area contributed by atoms with E-state index in [1.807, 2.05) is 0 Å². The summed E-state index contributed by atoms with van der Waals surface area (Å²) in [7, 11) is 0. The summed E-state index contributed by atoms with van der Waals surface area (Å²) in [4.78, 5) is 25.3. The number of carbonyl (C=O) groups excluding carboxylic acids is 2. The monoisotopic (exact) mass is 322 g/mol. The molecule has 4 N–H and O–H groups in total. The molecule has 2 aliphatic rings. The van der Waals surface area contributed by atoms with Crippen molar-refractivity contribution in [1.29, 1.82) is 0 Å². The van der Waals surface area contributed by atoms with Gasteiger partial charge in [0.2, 0.25) is 0 Å². The van der Waals surface area contributed by atoms with E-state index >= 15 is 0 Å². The Labute approximate surface area is 135 Å². The van der Waals surface area contributed by atoms with Gasteiger partial charge in [-0.3, -0.25) is 9.59 Å². The highest BCUT2D eigenvalue weighted by molar-refractivity contribution is 6.32. The molecule has 0 amide bonds. The zero-order valence-electron chi connectivity index (χ0n) is 12.1. The Morgan fingerprint density at radius 3 is 1.25 bits per heavy atom. The number of fused-ring (bicyclic) bond motifs is 3. The van der Waals surface area contributed by atoms with Crippen LogP contribution in [0.2, 0.25) is 0 Å². The van der Waals surface area contributed by atoms with E-state index in [4.69, 9.17) is 0 Å². The second-order valence-electron chi connectivity index (χ2n) is 5.63.